The van der Waals surface area contributed by atoms with E-state index >= 15 is 0 Å². The van der Waals surface area contributed by atoms with Crippen molar-refractivity contribution in [1.82, 2.24) is 5.32 Å². The van der Waals surface area contributed by atoms with Gasteiger partial charge in [-0.25, -0.2) is 4.79 Å². The van der Waals surface area contributed by atoms with Crippen LogP contribution in [0.4, 0.5) is 0 Å². The predicted molar refractivity (Wildman–Crippen MR) is 85.6 cm³/mol. The number of nitrogens with one attached hydrogen (secondary N) is 1. The second kappa shape index (κ2) is 6.11. The molecule has 1 aromatic carbocycles. The Bertz CT molecular complexity index is 576. The Hall–Kier alpha value is -1.84. The van der Waals surface area contributed by atoms with Gasteiger partial charge in [-0.05, 0) is 47.9 Å². The van der Waals surface area contributed by atoms with Gasteiger partial charge in [0.2, 0.25) is 5.91 Å². The molecule has 1 aliphatic rings. The fourth-order valence-electron chi connectivity index (χ4n) is 2.69. The van der Waals surface area contributed by atoms with Crippen molar-refractivity contribution in [3.63, 3.8) is 0 Å². The molecule has 0 bridgehead atoms. The van der Waals surface area contributed by atoms with E-state index in [2.05, 4.69) is 38.2 Å². The SMILES string of the molecule is Cc1cc(C(C)(C)C)cc(C)c1COC(=O)[C@@H]1CCC(=O)N1. The molecule has 0 unspecified atom stereocenters. The first-order valence-electron chi connectivity index (χ1n) is 7.75. The second-order valence-electron chi connectivity index (χ2n) is 7.11. The second-order valence-corrected chi connectivity index (χ2v) is 7.11. The van der Waals surface area contributed by atoms with Crippen molar-refractivity contribution in [2.24, 2.45) is 0 Å². The maximum Gasteiger partial charge on any atom is 0.328 e. The molecule has 0 radical (unpaired) electrons. The number of amides is 1. The summed E-state index contributed by atoms with van der Waals surface area (Å²) in [7, 11) is 0. The number of rotatable bonds is 3. The van der Waals surface area contributed by atoms with Gasteiger partial charge in [0, 0.05) is 6.42 Å². The number of carbonyl (C=O) groups is 2. The molecule has 1 heterocycles. The highest BCUT2D eigenvalue weighted by atomic mass is 16.5. The predicted octanol–water partition coefficient (Wildman–Crippen LogP) is 2.92. The zero-order valence-corrected chi connectivity index (χ0v) is 14.1. The summed E-state index contributed by atoms with van der Waals surface area (Å²) in [5, 5.41) is 2.63. The zero-order chi connectivity index (χ0) is 16.5. The third kappa shape index (κ3) is 3.67. The molecule has 1 aliphatic heterocycles. The summed E-state index contributed by atoms with van der Waals surface area (Å²) >= 11 is 0. The average Bonchev–Trinajstić information content (AvgIpc) is 2.83. The summed E-state index contributed by atoms with van der Waals surface area (Å²) in [4.78, 5) is 23.1. The van der Waals surface area contributed by atoms with E-state index in [0.29, 0.717) is 12.8 Å². The monoisotopic (exact) mass is 303 g/mol. The van der Waals surface area contributed by atoms with Crippen molar-refractivity contribution in [3.8, 4) is 0 Å². The zero-order valence-electron chi connectivity index (χ0n) is 14.1. The normalized spacial score (nSPS) is 18.2. The molecular weight excluding hydrogens is 278 g/mol. The van der Waals surface area contributed by atoms with Gasteiger partial charge in [0.1, 0.15) is 12.6 Å². The number of carbonyl (C=O) groups excluding carboxylic acids is 2. The molecule has 2 rings (SSSR count). The van der Waals surface area contributed by atoms with Gasteiger partial charge in [-0.2, -0.15) is 0 Å². The van der Waals surface area contributed by atoms with Crippen LogP contribution in [-0.4, -0.2) is 17.9 Å². The quantitative estimate of drug-likeness (QED) is 0.874. The van der Waals surface area contributed by atoms with Gasteiger partial charge < -0.3 is 10.1 Å². The van der Waals surface area contributed by atoms with E-state index in [4.69, 9.17) is 4.74 Å². The fraction of sp³-hybridized carbons (Fsp3) is 0.556. The van der Waals surface area contributed by atoms with Crippen LogP contribution in [0.25, 0.3) is 0 Å². The first kappa shape index (κ1) is 16.5. The van der Waals surface area contributed by atoms with Crippen LogP contribution < -0.4 is 5.32 Å². The van der Waals surface area contributed by atoms with E-state index in [-0.39, 0.29) is 23.9 Å². The lowest BCUT2D eigenvalue weighted by Crippen LogP contribution is -2.34. The Morgan fingerprint density at radius 1 is 1.27 bits per heavy atom. The first-order chi connectivity index (χ1) is 10.2. The highest BCUT2D eigenvalue weighted by molar-refractivity contribution is 5.88. The van der Waals surface area contributed by atoms with Crippen molar-refractivity contribution in [2.75, 3.05) is 0 Å². The van der Waals surface area contributed by atoms with Gasteiger partial charge in [0.15, 0.2) is 0 Å². The van der Waals surface area contributed by atoms with Gasteiger partial charge in [0.05, 0.1) is 0 Å². The molecule has 1 fully saturated rings. The highest BCUT2D eigenvalue weighted by Crippen LogP contribution is 2.27. The summed E-state index contributed by atoms with van der Waals surface area (Å²) in [6.45, 7) is 10.9. The molecule has 4 heteroatoms. The molecule has 22 heavy (non-hydrogen) atoms. The highest BCUT2D eigenvalue weighted by Gasteiger charge is 2.28. The number of esters is 1. The number of benzene rings is 1. The maximum absolute atomic E-state index is 12.0. The molecule has 0 aromatic heterocycles. The lowest BCUT2D eigenvalue weighted by atomic mass is 9.84. The molecule has 4 nitrogen and oxygen atoms in total. The topological polar surface area (TPSA) is 55.4 Å². The standard InChI is InChI=1S/C18H25NO3/c1-11-8-13(18(3,4)5)9-12(2)14(11)10-22-17(21)15-6-7-16(20)19-15/h8-9,15H,6-7,10H2,1-5H3,(H,19,20)/t15-/m0/s1. The van der Waals surface area contributed by atoms with Gasteiger partial charge in [-0.15, -0.1) is 0 Å². The van der Waals surface area contributed by atoms with Crippen LogP contribution in [0.5, 0.6) is 0 Å². The van der Waals surface area contributed by atoms with Crippen molar-refractivity contribution in [1.29, 1.82) is 0 Å². The summed E-state index contributed by atoms with van der Waals surface area (Å²) in [5.41, 5.74) is 4.69. The van der Waals surface area contributed by atoms with E-state index in [1.165, 1.54) is 5.56 Å². The van der Waals surface area contributed by atoms with Crippen LogP contribution in [0.15, 0.2) is 12.1 Å². The number of hydrogen-bond acceptors (Lipinski definition) is 3. The minimum absolute atomic E-state index is 0.0798. The van der Waals surface area contributed by atoms with Crippen LogP contribution in [0.1, 0.15) is 55.9 Å². The van der Waals surface area contributed by atoms with Crippen LogP contribution >= 0.6 is 0 Å². The van der Waals surface area contributed by atoms with Crippen LogP contribution in [0.2, 0.25) is 0 Å². The van der Waals surface area contributed by atoms with E-state index in [0.717, 1.165) is 16.7 Å². The number of ether oxygens (including phenoxy) is 1. The first-order valence-corrected chi connectivity index (χ1v) is 7.75. The largest absolute Gasteiger partial charge is 0.459 e. The van der Waals surface area contributed by atoms with Crippen molar-refractivity contribution in [2.45, 2.75) is 65.5 Å². The average molecular weight is 303 g/mol. The smallest absolute Gasteiger partial charge is 0.328 e. The van der Waals surface area contributed by atoms with Crippen molar-refractivity contribution >= 4 is 11.9 Å². The molecule has 1 amide bonds. The molecule has 0 saturated carbocycles. The summed E-state index contributed by atoms with van der Waals surface area (Å²) in [5.74, 6) is -0.423. The number of hydrogen-bond donors (Lipinski definition) is 1. The van der Waals surface area contributed by atoms with Gasteiger partial charge >= 0.3 is 5.97 Å². The molecule has 1 aromatic rings. The van der Waals surface area contributed by atoms with E-state index < -0.39 is 6.04 Å². The minimum atomic E-state index is -0.484. The minimum Gasteiger partial charge on any atom is -0.459 e. The molecule has 120 valence electrons. The van der Waals surface area contributed by atoms with Crippen molar-refractivity contribution < 1.29 is 14.3 Å². The lowest BCUT2D eigenvalue weighted by molar-refractivity contribution is -0.147. The van der Waals surface area contributed by atoms with Crippen LogP contribution in [-0.2, 0) is 26.3 Å². The Morgan fingerprint density at radius 2 is 1.86 bits per heavy atom. The Labute approximate surface area is 132 Å². The Balaban J connectivity index is 2.07. The molecule has 0 aliphatic carbocycles. The van der Waals surface area contributed by atoms with Crippen LogP contribution in [0, 0.1) is 13.8 Å². The maximum atomic E-state index is 12.0. The molecule has 1 saturated heterocycles. The third-order valence-electron chi connectivity index (χ3n) is 4.20. The Kier molecular flexibility index (Phi) is 4.59. The van der Waals surface area contributed by atoms with Crippen molar-refractivity contribution in [3.05, 3.63) is 34.4 Å². The van der Waals surface area contributed by atoms with E-state index in [9.17, 15) is 9.59 Å². The third-order valence-corrected chi connectivity index (χ3v) is 4.20. The molecule has 0 spiro atoms. The fourth-order valence-corrected chi connectivity index (χ4v) is 2.69. The lowest BCUT2D eigenvalue weighted by Gasteiger charge is -2.22. The van der Waals surface area contributed by atoms with Gasteiger partial charge in [-0.1, -0.05) is 32.9 Å². The summed E-state index contributed by atoms with van der Waals surface area (Å²) in [6, 6.07) is 3.84. The number of aryl methyl sites for hydroxylation is 2. The molecule has 1 N–H and O–H groups in total. The van der Waals surface area contributed by atoms with Crippen LogP contribution in [0.3, 0.4) is 0 Å². The van der Waals surface area contributed by atoms with Gasteiger partial charge in [0.25, 0.3) is 0 Å². The Morgan fingerprint density at radius 3 is 2.32 bits per heavy atom. The van der Waals surface area contributed by atoms with E-state index in [1.54, 1.807) is 0 Å². The van der Waals surface area contributed by atoms with Gasteiger partial charge in [-0.3, -0.25) is 4.79 Å². The molecular formula is C18H25NO3. The van der Waals surface area contributed by atoms with E-state index in [1.807, 2.05) is 13.8 Å². The summed E-state index contributed by atoms with van der Waals surface area (Å²) < 4.78 is 5.39. The summed E-state index contributed by atoms with van der Waals surface area (Å²) in [6.07, 6.45) is 0.927. The molecule has 1 atom stereocenters.